The van der Waals surface area contributed by atoms with Crippen LogP contribution in [0.15, 0.2) is 24.3 Å². The smallest absolute Gasteiger partial charge is 0.238 e. The Morgan fingerprint density at radius 2 is 1.95 bits per heavy atom. The maximum absolute atomic E-state index is 11.1. The number of nitrogens with one attached hydrogen (secondary N) is 1. The van der Waals surface area contributed by atoms with Gasteiger partial charge >= 0.3 is 0 Å². The van der Waals surface area contributed by atoms with Crippen molar-refractivity contribution in [2.45, 2.75) is 25.9 Å². The lowest BCUT2D eigenvalue weighted by Gasteiger charge is -2.24. The van der Waals surface area contributed by atoms with Gasteiger partial charge in [0.2, 0.25) is 5.91 Å². The molecule has 1 aromatic carbocycles. The van der Waals surface area contributed by atoms with Gasteiger partial charge in [0.1, 0.15) is 0 Å². The molecule has 0 saturated carbocycles. The minimum absolute atomic E-state index is 0.182. The predicted molar refractivity (Wildman–Crippen MR) is 75.3 cm³/mol. The van der Waals surface area contributed by atoms with Crippen LogP contribution in [0, 0.1) is 0 Å². The highest BCUT2D eigenvalue weighted by molar-refractivity contribution is 5.77. The van der Waals surface area contributed by atoms with E-state index in [4.69, 9.17) is 10.6 Å². The number of likely N-dealkylation sites (N-methyl/N-ethyl adjacent to an activating group) is 1. The first-order chi connectivity index (χ1) is 9.06. The minimum Gasteiger partial charge on any atom is -0.383 e. The van der Waals surface area contributed by atoms with Crippen LogP contribution in [0.25, 0.3) is 0 Å². The Labute approximate surface area is 114 Å². The zero-order valence-electron chi connectivity index (χ0n) is 11.8. The summed E-state index contributed by atoms with van der Waals surface area (Å²) in [5, 5.41) is 0. The lowest BCUT2D eigenvalue weighted by Crippen LogP contribution is -2.32. The van der Waals surface area contributed by atoms with Crippen molar-refractivity contribution >= 4 is 5.91 Å². The highest BCUT2D eigenvalue weighted by Gasteiger charge is 2.09. The van der Waals surface area contributed by atoms with Gasteiger partial charge in [0.05, 0.1) is 13.0 Å². The van der Waals surface area contributed by atoms with Crippen LogP contribution < -0.4 is 11.3 Å². The summed E-state index contributed by atoms with van der Waals surface area (Å²) >= 11 is 0. The van der Waals surface area contributed by atoms with Crippen LogP contribution in [0.1, 0.15) is 18.1 Å². The third-order valence-corrected chi connectivity index (χ3v) is 3.14. The van der Waals surface area contributed by atoms with E-state index in [1.807, 2.05) is 24.3 Å². The van der Waals surface area contributed by atoms with E-state index in [-0.39, 0.29) is 5.91 Å². The van der Waals surface area contributed by atoms with Crippen molar-refractivity contribution in [1.29, 1.82) is 0 Å². The molecule has 5 heteroatoms. The van der Waals surface area contributed by atoms with E-state index in [2.05, 4.69) is 24.3 Å². The second-order valence-corrected chi connectivity index (χ2v) is 4.78. The summed E-state index contributed by atoms with van der Waals surface area (Å²) in [5.74, 6) is 4.88. The van der Waals surface area contributed by atoms with Crippen LogP contribution in [0.3, 0.4) is 0 Å². The molecule has 0 heterocycles. The molecule has 1 amide bonds. The third kappa shape index (κ3) is 5.38. The Morgan fingerprint density at radius 1 is 1.37 bits per heavy atom. The average molecular weight is 265 g/mol. The molecule has 0 aliphatic heterocycles. The molecular weight excluding hydrogens is 242 g/mol. The Kier molecular flexibility index (Phi) is 6.49. The number of rotatable bonds is 7. The van der Waals surface area contributed by atoms with Crippen LogP contribution in [0.4, 0.5) is 0 Å². The number of ether oxygens (including phenoxy) is 1. The first-order valence-corrected chi connectivity index (χ1v) is 6.33. The maximum Gasteiger partial charge on any atom is 0.238 e. The zero-order chi connectivity index (χ0) is 14.3. The molecule has 0 aromatic heterocycles. The first-order valence-electron chi connectivity index (χ1n) is 6.33. The summed E-state index contributed by atoms with van der Waals surface area (Å²) in [7, 11) is 3.78. The fourth-order valence-corrected chi connectivity index (χ4v) is 1.81. The number of amides is 1. The van der Waals surface area contributed by atoms with Gasteiger partial charge in [-0.3, -0.25) is 15.1 Å². The molecule has 1 unspecified atom stereocenters. The SMILES string of the molecule is COCC(C)N(C)Cc1ccc(CC(=O)NN)cc1. The lowest BCUT2D eigenvalue weighted by molar-refractivity contribution is -0.120. The van der Waals surface area contributed by atoms with E-state index < -0.39 is 0 Å². The number of benzene rings is 1. The summed E-state index contributed by atoms with van der Waals surface area (Å²) in [5.41, 5.74) is 4.30. The Morgan fingerprint density at radius 3 is 2.47 bits per heavy atom. The fourth-order valence-electron chi connectivity index (χ4n) is 1.81. The van der Waals surface area contributed by atoms with Gasteiger partial charge in [0.15, 0.2) is 0 Å². The highest BCUT2D eigenvalue weighted by Crippen LogP contribution is 2.09. The van der Waals surface area contributed by atoms with E-state index in [0.29, 0.717) is 19.1 Å². The number of nitrogens with zero attached hydrogens (tertiary/aromatic N) is 1. The van der Waals surface area contributed by atoms with Crippen LogP contribution in [-0.2, 0) is 22.5 Å². The molecule has 1 aromatic rings. The fraction of sp³-hybridized carbons (Fsp3) is 0.500. The third-order valence-electron chi connectivity index (χ3n) is 3.14. The zero-order valence-corrected chi connectivity index (χ0v) is 11.8. The summed E-state index contributed by atoms with van der Waals surface area (Å²) < 4.78 is 5.14. The van der Waals surface area contributed by atoms with Gasteiger partial charge in [-0.05, 0) is 25.1 Å². The topological polar surface area (TPSA) is 67.6 Å². The van der Waals surface area contributed by atoms with Crippen LogP contribution >= 0.6 is 0 Å². The molecule has 0 saturated heterocycles. The second-order valence-electron chi connectivity index (χ2n) is 4.78. The predicted octanol–water partition coefficient (Wildman–Crippen LogP) is 0.686. The first kappa shape index (κ1) is 15.6. The van der Waals surface area contributed by atoms with Crippen LogP contribution in [0.5, 0.6) is 0 Å². The lowest BCUT2D eigenvalue weighted by atomic mass is 10.1. The largest absolute Gasteiger partial charge is 0.383 e. The molecule has 0 bridgehead atoms. The summed E-state index contributed by atoms with van der Waals surface area (Å²) in [6.07, 6.45) is 0.312. The van der Waals surface area contributed by atoms with Crippen molar-refractivity contribution in [2.24, 2.45) is 5.84 Å². The Bertz CT molecular complexity index is 392. The number of hydrogen-bond donors (Lipinski definition) is 2. The van der Waals surface area contributed by atoms with E-state index in [0.717, 1.165) is 12.1 Å². The quantitative estimate of drug-likeness (QED) is 0.432. The van der Waals surface area contributed by atoms with Crippen molar-refractivity contribution < 1.29 is 9.53 Å². The molecule has 0 spiro atoms. The van der Waals surface area contributed by atoms with E-state index >= 15 is 0 Å². The molecular formula is C14H23N3O2. The van der Waals surface area contributed by atoms with E-state index in [9.17, 15) is 4.79 Å². The number of carbonyl (C=O) groups is 1. The summed E-state index contributed by atoms with van der Waals surface area (Å²) in [6, 6.07) is 8.36. The van der Waals surface area contributed by atoms with Crippen LogP contribution in [0.2, 0.25) is 0 Å². The maximum atomic E-state index is 11.1. The van der Waals surface area contributed by atoms with E-state index in [1.165, 1.54) is 5.56 Å². The van der Waals surface area contributed by atoms with Gasteiger partial charge in [-0.2, -0.15) is 0 Å². The molecule has 1 atom stereocenters. The van der Waals surface area contributed by atoms with Gasteiger partial charge < -0.3 is 4.74 Å². The average Bonchev–Trinajstić information content (AvgIpc) is 2.41. The number of hydrazine groups is 1. The molecule has 3 N–H and O–H groups in total. The summed E-state index contributed by atoms with van der Waals surface area (Å²) in [6.45, 7) is 3.70. The van der Waals surface area contributed by atoms with E-state index in [1.54, 1.807) is 7.11 Å². The van der Waals surface area contributed by atoms with Gasteiger partial charge in [-0.15, -0.1) is 0 Å². The number of methoxy groups -OCH3 is 1. The standard InChI is InChI=1S/C14H23N3O2/c1-11(10-19-3)17(2)9-13-6-4-12(5-7-13)8-14(18)16-15/h4-7,11H,8-10,15H2,1-3H3,(H,16,18). The normalized spacial score (nSPS) is 12.5. The Balaban J connectivity index is 2.54. The molecule has 1 rings (SSSR count). The van der Waals surface area contributed by atoms with Gasteiger partial charge in [0.25, 0.3) is 0 Å². The molecule has 5 nitrogen and oxygen atoms in total. The van der Waals surface area contributed by atoms with Crippen molar-refractivity contribution in [3.63, 3.8) is 0 Å². The Hall–Kier alpha value is -1.43. The van der Waals surface area contributed by atoms with Crippen molar-refractivity contribution in [2.75, 3.05) is 20.8 Å². The number of nitrogens with two attached hydrogens (primary N) is 1. The van der Waals surface area contributed by atoms with Crippen molar-refractivity contribution in [3.8, 4) is 0 Å². The monoisotopic (exact) mass is 265 g/mol. The second kappa shape index (κ2) is 7.89. The van der Waals surface area contributed by atoms with Gasteiger partial charge in [-0.25, -0.2) is 5.84 Å². The number of carbonyl (C=O) groups excluding carboxylic acids is 1. The molecule has 0 fully saturated rings. The van der Waals surface area contributed by atoms with Crippen molar-refractivity contribution in [1.82, 2.24) is 10.3 Å². The minimum atomic E-state index is -0.182. The summed E-state index contributed by atoms with van der Waals surface area (Å²) in [4.78, 5) is 13.4. The van der Waals surface area contributed by atoms with Gasteiger partial charge in [-0.1, -0.05) is 24.3 Å². The van der Waals surface area contributed by atoms with Gasteiger partial charge in [0, 0.05) is 19.7 Å². The van der Waals surface area contributed by atoms with Crippen molar-refractivity contribution in [3.05, 3.63) is 35.4 Å². The number of hydrogen-bond acceptors (Lipinski definition) is 4. The molecule has 0 radical (unpaired) electrons. The molecule has 0 aliphatic carbocycles. The molecule has 0 aliphatic rings. The van der Waals surface area contributed by atoms with Crippen LogP contribution in [-0.4, -0.2) is 37.6 Å². The highest BCUT2D eigenvalue weighted by atomic mass is 16.5. The molecule has 19 heavy (non-hydrogen) atoms. The molecule has 106 valence electrons.